The number of rotatable bonds is 3. The molecule has 2 fully saturated rings. The van der Waals surface area contributed by atoms with E-state index in [0.29, 0.717) is 0 Å². The van der Waals surface area contributed by atoms with Crippen LogP contribution in [-0.4, -0.2) is 8.11 Å². The molecule has 0 aromatic heterocycles. The molecule has 14 heavy (non-hydrogen) atoms. The van der Waals surface area contributed by atoms with E-state index in [4.69, 9.17) is 11.1 Å². The zero-order valence-corrected chi connectivity index (χ0v) is 11.0. The normalized spacial score (nSPS) is 25.7. The van der Waals surface area contributed by atoms with Crippen LogP contribution in [0.5, 0.6) is 0 Å². The van der Waals surface area contributed by atoms with Crippen LogP contribution in [0.1, 0.15) is 51.4 Å². The zero-order valence-electron chi connectivity index (χ0n) is 9.27. The van der Waals surface area contributed by atoms with Gasteiger partial charge in [-0.3, -0.25) is 0 Å². The van der Waals surface area contributed by atoms with Crippen LogP contribution in [0.4, 0.5) is 0 Å². The van der Waals surface area contributed by atoms with Crippen molar-refractivity contribution in [2.45, 2.75) is 63.5 Å². The molecule has 0 saturated heterocycles. The molecule has 0 nitrogen and oxygen atoms in total. The monoisotopic (exact) mass is 229 g/mol. The molecule has 0 bridgehead atoms. The van der Waals surface area contributed by atoms with Crippen molar-refractivity contribution in [3.05, 3.63) is 0 Å². The van der Waals surface area contributed by atoms with Gasteiger partial charge in [-0.15, -0.1) is 0 Å². The summed E-state index contributed by atoms with van der Waals surface area (Å²) in [6.45, 7) is 2.33. The van der Waals surface area contributed by atoms with Crippen LogP contribution in [-0.2, 0) is 0 Å². The molecule has 2 heteroatoms. The van der Waals surface area contributed by atoms with Gasteiger partial charge in [0.25, 0.3) is 0 Å². The average Bonchev–Trinajstić information content (AvgIpc) is 2.75. The molecule has 81 valence electrons. The van der Waals surface area contributed by atoms with Crippen LogP contribution >= 0.6 is 11.1 Å². The van der Waals surface area contributed by atoms with E-state index in [-0.39, 0.29) is 0 Å². The molecular formula is C12H22ClSi. The highest BCUT2D eigenvalue weighted by atomic mass is 35.6. The van der Waals surface area contributed by atoms with Crippen LogP contribution in [0, 0.1) is 11.8 Å². The second-order valence-corrected chi connectivity index (χ2v) is 8.83. The van der Waals surface area contributed by atoms with Gasteiger partial charge in [0, 0.05) is 0 Å². The zero-order chi connectivity index (χ0) is 9.97. The molecule has 0 atom stereocenters. The van der Waals surface area contributed by atoms with Crippen LogP contribution < -0.4 is 0 Å². The third-order valence-corrected chi connectivity index (χ3v) is 6.89. The fourth-order valence-corrected chi connectivity index (χ4v) is 6.70. The van der Waals surface area contributed by atoms with Crippen molar-refractivity contribution in [3.63, 3.8) is 0 Å². The largest absolute Gasteiger partial charge is 0.169 e. The molecule has 0 unspecified atom stereocenters. The summed E-state index contributed by atoms with van der Waals surface area (Å²) in [4.78, 5) is 0. The van der Waals surface area contributed by atoms with Crippen molar-refractivity contribution in [2.75, 3.05) is 0 Å². The van der Waals surface area contributed by atoms with Gasteiger partial charge >= 0.3 is 0 Å². The Morgan fingerprint density at radius 2 is 1.29 bits per heavy atom. The van der Waals surface area contributed by atoms with Crippen LogP contribution in [0.2, 0.25) is 12.1 Å². The Hall–Kier alpha value is 0.507. The minimum atomic E-state index is -0.567. The quantitative estimate of drug-likeness (QED) is 0.490. The summed E-state index contributed by atoms with van der Waals surface area (Å²) in [5, 5.41) is 0. The lowest BCUT2D eigenvalue weighted by molar-refractivity contribution is 0.378. The molecule has 2 aliphatic carbocycles. The van der Waals surface area contributed by atoms with Gasteiger partial charge in [-0.2, -0.15) is 11.1 Å². The smallest absolute Gasteiger partial charge is 0.166 e. The maximum absolute atomic E-state index is 6.51. The Labute approximate surface area is 94.7 Å². The molecular weight excluding hydrogens is 208 g/mol. The second-order valence-electron chi connectivity index (χ2n) is 5.20. The number of hydrogen-bond donors (Lipinski definition) is 0. The first-order valence-electron chi connectivity index (χ1n) is 6.28. The molecule has 0 aliphatic heterocycles. The third kappa shape index (κ3) is 2.36. The predicted octanol–water partition coefficient (Wildman–Crippen LogP) is 4.60. The van der Waals surface area contributed by atoms with E-state index in [1.807, 2.05) is 0 Å². The van der Waals surface area contributed by atoms with Crippen molar-refractivity contribution < 1.29 is 0 Å². The Kier molecular flexibility index (Phi) is 3.95. The van der Waals surface area contributed by atoms with Gasteiger partial charge in [-0.25, -0.2) is 0 Å². The predicted molar refractivity (Wildman–Crippen MR) is 65.1 cm³/mol. The lowest BCUT2D eigenvalue weighted by Gasteiger charge is -2.30. The number of hydrogen-bond acceptors (Lipinski definition) is 0. The van der Waals surface area contributed by atoms with Crippen LogP contribution in [0.25, 0.3) is 0 Å². The van der Waals surface area contributed by atoms with Crippen molar-refractivity contribution in [3.8, 4) is 0 Å². The maximum atomic E-state index is 6.51. The Bertz CT molecular complexity index is 153. The summed E-state index contributed by atoms with van der Waals surface area (Å²) in [7, 11) is -0.567. The van der Waals surface area contributed by atoms with E-state index < -0.39 is 8.11 Å². The number of halogens is 1. The summed E-state index contributed by atoms with van der Waals surface area (Å²) < 4.78 is 0. The molecule has 0 aromatic rings. The summed E-state index contributed by atoms with van der Waals surface area (Å²) in [5.41, 5.74) is 0.937. The molecule has 0 spiro atoms. The van der Waals surface area contributed by atoms with Gasteiger partial charge in [0.1, 0.15) is 0 Å². The molecule has 0 heterocycles. The first kappa shape index (κ1) is 11.0. The average molecular weight is 230 g/mol. The standard InChI is InChI=1S/C12H22ClSi/c1-14(13)12(10-6-2-3-7-10)11-8-4-5-9-11/h10-12H,2-9H2,1H3. The molecule has 0 aromatic carbocycles. The third-order valence-electron chi connectivity index (χ3n) is 4.27. The van der Waals surface area contributed by atoms with E-state index >= 15 is 0 Å². The van der Waals surface area contributed by atoms with Crippen molar-refractivity contribution >= 4 is 19.2 Å². The summed E-state index contributed by atoms with van der Waals surface area (Å²) in [6, 6.07) is 0. The van der Waals surface area contributed by atoms with E-state index in [9.17, 15) is 0 Å². The van der Waals surface area contributed by atoms with Crippen molar-refractivity contribution in [1.82, 2.24) is 0 Å². The maximum Gasteiger partial charge on any atom is 0.166 e. The summed E-state index contributed by atoms with van der Waals surface area (Å²) in [5.74, 6) is 2.02. The van der Waals surface area contributed by atoms with E-state index in [2.05, 4.69) is 6.55 Å². The van der Waals surface area contributed by atoms with E-state index in [1.54, 1.807) is 0 Å². The minimum Gasteiger partial charge on any atom is -0.169 e. The van der Waals surface area contributed by atoms with Crippen LogP contribution in [0.15, 0.2) is 0 Å². The minimum absolute atomic E-state index is 0.567. The lowest BCUT2D eigenvalue weighted by atomic mass is 9.91. The van der Waals surface area contributed by atoms with Gasteiger partial charge in [0.05, 0.1) is 0 Å². The highest BCUT2D eigenvalue weighted by Crippen LogP contribution is 2.47. The molecule has 2 saturated carbocycles. The Balaban J connectivity index is 1.98. The molecule has 1 radical (unpaired) electrons. The van der Waals surface area contributed by atoms with Gasteiger partial charge in [-0.1, -0.05) is 57.9 Å². The first-order valence-corrected chi connectivity index (χ1v) is 9.37. The van der Waals surface area contributed by atoms with Crippen molar-refractivity contribution in [2.24, 2.45) is 11.8 Å². The van der Waals surface area contributed by atoms with Gasteiger partial charge in [0.15, 0.2) is 8.11 Å². The van der Waals surface area contributed by atoms with Gasteiger partial charge < -0.3 is 0 Å². The molecule has 2 rings (SSSR count). The second kappa shape index (κ2) is 5.02. The van der Waals surface area contributed by atoms with Crippen LogP contribution in [0.3, 0.4) is 0 Å². The summed E-state index contributed by atoms with van der Waals surface area (Å²) in [6.07, 6.45) is 11.8. The van der Waals surface area contributed by atoms with Gasteiger partial charge in [0.2, 0.25) is 0 Å². The SMILES string of the molecule is C[Si](Cl)C(C1CCCC1)C1CCCC1. The summed E-state index contributed by atoms with van der Waals surface area (Å²) >= 11 is 6.51. The molecule has 0 N–H and O–H groups in total. The van der Waals surface area contributed by atoms with E-state index in [0.717, 1.165) is 17.4 Å². The molecule has 0 amide bonds. The first-order chi connectivity index (χ1) is 6.79. The fourth-order valence-electron chi connectivity index (χ4n) is 3.67. The van der Waals surface area contributed by atoms with Crippen molar-refractivity contribution in [1.29, 1.82) is 0 Å². The van der Waals surface area contributed by atoms with E-state index in [1.165, 1.54) is 51.4 Å². The molecule has 2 aliphatic rings. The van der Waals surface area contributed by atoms with Gasteiger partial charge in [-0.05, 0) is 17.4 Å². The fraction of sp³-hybridized carbons (Fsp3) is 1.00. The topological polar surface area (TPSA) is 0 Å². The Morgan fingerprint density at radius 3 is 1.57 bits per heavy atom. The Morgan fingerprint density at radius 1 is 0.929 bits per heavy atom. The highest BCUT2D eigenvalue weighted by Gasteiger charge is 2.36. The highest BCUT2D eigenvalue weighted by molar-refractivity contribution is 7.07. The lowest BCUT2D eigenvalue weighted by Crippen LogP contribution is -2.24.